The molecule has 0 radical (unpaired) electrons. The Morgan fingerprint density at radius 2 is 1.92 bits per heavy atom. The van der Waals surface area contributed by atoms with Gasteiger partial charge in [0.2, 0.25) is 0 Å². The number of pyridine rings is 1. The normalized spacial score (nSPS) is 10.4. The number of nitrogens with zero attached hydrogens (tertiary/aromatic N) is 2. The molecule has 1 N–H and O–H groups in total. The molecule has 0 spiro atoms. The first-order chi connectivity index (χ1) is 12.0. The Hall–Kier alpha value is -2.40. The van der Waals surface area contributed by atoms with Crippen LogP contribution in [0.3, 0.4) is 0 Å². The predicted molar refractivity (Wildman–Crippen MR) is 98.7 cm³/mol. The largest absolute Gasteiger partial charge is 0.348 e. The lowest BCUT2D eigenvalue weighted by Gasteiger charge is -2.16. The molecule has 2 aromatic rings. The molecule has 132 valence electrons. The summed E-state index contributed by atoms with van der Waals surface area (Å²) < 4.78 is 0. The van der Waals surface area contributed by atoms with Crippen molar-refractivity contribution >= 4 is 23.4 Å². The minimum Gasteiger partial charge on any atom is -0.348 e. The van der Waals surface area contributed by atoms with E-state index in [0.717, 1.165) is 18.4 Å². The van der Waals surface area contributed by atoms with Crippen molar-refractivity contribution in [2.24, 2.45) is 0 Å². The van der Waals surface area contributed by atoms with Crippen molar-refractivity contribution in [2.75, 3.05) is 13.6 Å². The van der Waals surface area contributed by atoms with Gasteiger partial charge in [-0.05, 0) is 24.1 Å². The summed E-state index contributed by atoms with van der Waals surface area (Å²) in [5.41, 5.74) is 1.59. The van der Waals surface area contributed by atoms with Crippen LogP contribution >= 0.6 is 11.6 Å². The maximum Gasteiger partial charge on any atom is 0.255 e. The number of aromatic nitrogens is 1. The zero-order valence-electron chi connectivity index (χ0n) is 14.5. The Kier molecular flexibility index (Phi) is 6.95. The molecule has 0 saturated carbocycles. The highest BCUT2D eigenvalue weighted by atomic mass is 35.5. The van der Waals surface area contributed by atoms with Gasteiger partial charge in [-0.15, -0.1) is 0 Å². The van der Waals surface area contributed by atoms with Crippen LogP contribution in [0.4, 0.5) is 0 Å². The van der Waals surface area contributed by atoms with Crippen LogP contribution in [0.2, 0.25) is 5.02 Å². The molecule has 0 saturated heterocycles. The minimum absolute atomic E-state index is 0.137. The maximum atomic E-state index is 12.4. The number of carbonyl (C=O) groups is 2. The van der Waals surface area contributed by atoms with Crippen molar-refractivity contribution < 1.29 is 9.59 Å². The third-order valence-corrected chi connectivity index (χ3v) is 4.21. The van der Waals surface area contributed by atoms with Crippen molar-refractivity contribution in [3.63, 3.8) is 0 Å². The van der Waals surface area contributed by atoms with Crippen molar-refractivity contribution in [1.82, 2.24) is 15.2 Å². The molecule has 2 amide bonds. The summed E-state index contributed by atoms with van der Waals surface area (Å²) in [5, 5.41) is 3.40. The van der Waals surface area contributed by atoms with E-state index in [1.54, 1.807) is 24.1 Å². The van der Waals surface area contributed by atoms with Crippen LogP contribution in [-0.4, -0.2) is 35.3 Å². The van der Waals surface area contributed by atoms with Crippen LogP contribution in [0.15, 0.2) is 42.7 Å². The molecule has 5 nitrogen and oxygen atoms in total. The Balaban J connectivity index is 2.03. The summed E-state index contributed by atoms with van der Waals surface area (Å²) in [6.45, 7) is 3.06. The number of amides is 2. The summed E-state index contributed by atoms with van der Waals surface area (Å²) >= 11 is 6.08. The quantitative estimate of drug-likeness (QED) is 0.822. The lowest BCUT2D eigenvalue weighted by atomic mass is 10.1. The van der Waals surface area contributed by atoms with Gasteiger partial charge in [-0.25, -0.2) is 0 Å². The average molecular weight is 360 g/mol. The highest BCUT2D eigenvalue weighted by molar-refractivity contribution is 6.31. The monoisotopic (exact) mass is 359 g/mol. The van der Waals surface area contributed by atoms with Crippen molar-refractivity contribution in [1.29, 1.82) is 0 Å². The molecule has 25 heavy (non-hydrogen) atoms. The molecule has 0 unspecified atom stereocenters. The number of benzene rings is 1. The molecule has 0 aliphatic rings. The zero-order valence-corrected chi connectivity index (χ0v) is 15.2. The zero-order chi connectivity index (χ0) is 18.2. The third-order valence-electron chi connectivity index (χ3n) is 3.84. The molecule has 6 heteroatoms. The number of unbranched alkanes of at least 4 members (excludes halogenated alkanes) is 1. The standard InChI is InChI=1S/C19H22ClN3O2/c1-3-4-9-23(2)19(25)16-10-15(11-21-12-16)18(24)22-13-14-7-5-6-8-17(14)20/h5-8,10-12H,3-4,9,13H2,1-2H3,(H,22,24). The van der Waals surface area contributed by atoms with Gasteiger partial charge in [0, 0.05) is 37.6 Å². The molecule has 0 atom stereocenters. The fraction of sp³-hybridized carbons (Fsp3) is 0.316. The Morgan fingerprint density at radius 1 is 1.20 bits per heavy atom. The van der Waals surface area contributed by atoms with Gasteiger partial charge in [0.1, 0.15) is 0 Å². The van der Waals surface area contributed by atoms with E-state index in [9.17, 15) is 9.59 Å². The summed E-state index contributed by atoms with van der Waals surface area (Å²) in [4.78, 5) is 30.4. The van der Waals surface area contributed by atoms with Gasteiger partial charge in [-0.3, -0.25) is 14.6 Å². The van der Waals surface area contributed by atoms with Crippen LogP contribution in [0.1, 0.15) is 46.0 Å². The number of rotatable bonds is 7. The molecule has 2 rings (SSSR count). The molecule has 0 bridgehead atoms. The molecule has 0 aliphatic heterocycles. The number of nitrogens with one attached hydrogen (secondary N) is 1. The first-order valence-electron chi connectivity index (χ1n) is 8.25. The Labute approximate surface area is 153 Å². The van der Waals surface area contributed by atoms with E-state index in [1.165, 1.54) is 12.4 Å². The molecular formula is C19H22ClN3O2. The van der Waals surface area contributed by atoms with Gasteiger partial charge in [-0.2, -0.15) is 0 Å². The second-order valence-electron chi connectivity index (χ2n) is 5.82. The molecular weight excluding hydrogens is 338 g/mol. The number of halogens is 1. The molecule has 1 aromatic heterocycles. The molecule has 0 fully saturated rings. The van der Waals surface area contributed by atoms with Crippen LogP contribution in [-0.2, 0) is 6.54 Å². The van der Waals surface area contributed by atoms with Crippen molar-refractivity contribution in [2.45, 2.75) is 26.3 Å². The predicted octanol–water partition coefficient (Wildman–Crippen LogP) is 3.54. The maximum absolute atomic E-state index is 12.4. The highest BCUT2D eigenvalue weighted by Crippen LogP contribution is 2.14. The lowest BCUT2D eigenvalue weighted by Crippen LogP contribution is -2.28. The van der Waals surface area contributed by atoms with Gasteiger partial charge in [0.15, 0.2) is 0 Å². The highest BCUT2D eigenvalue weighted by Gasteiger charge is 2.14. The summed E-state index contributed by atoms with van der Waals surface area (Å²) in [7, 11) is 1.75. The number of hydrogen-bond acceptors (Lipinski definition) is 3. The fourth-order valence-corrected chi connectivity index (χ4v) is 2.52. The first-order valence-corrected chi connectivity index (χ1v) is 8.62. The second-order valence-corrected chi connectivity index (χ2v) is 6.22. The van der Waals surface area contributed by atoms with Gasteiger partial charge in [0.05, 0.1) is 11.1 Å². The van der Waals surface area contributed by atoms with Crippen LogP contribution in [0.25, 0.3) is 0 Å². The lowest BCUT2D eigenvalue weighted by molar-refractivity contribution is 0.0793. The van der Waals surface area contributed by atoms with Crippen LogP contribution in [0.5, 0.6) is 0 Å². The van der Waals surface area contributed by atoms with Crippen molar-refractivity contribution in [3.8, 4) is 0 Å². The first kappa shape index (κ1) is 18.9. The van der Waals surface area contributed by atoms with E-state index in [1.807, 2.05) is 18.2 Å². The topological polar surface area (TPSA) is 62.3 Å². The van der Waals surface area contributed by atoms with E-state index >= 15 is 0 Å². The van der Waals surface area contributed by atoms with E-state index in [4.69, 9.17) is 11.6 Å². The fourth-order valence-electron chi connectivity index (χ4n) is 2.32. The van der Waals surface area contributed by atoms with Gasteiger partial charge < -0.3 is 10.2 Å². The third kappa shape index (κ3) is 5.29. The van der Waals surface area contributed by atoms with Crippen LogP contribution in [0, 0.1) is 0 Å². The second kappa shape index (κ2) is 9.18. The van der Waals surface area contributed by atoms with Gasteiger partial charge in [0.25, 0.3) is 11.8 Å². The smallest absolute Gasteiger partial charge is 0.255 e. The Bertz CT molecular complexity index is 749. The number of carbonyl (C=O) groups excluding carboxylic acids is 2. The van der Waals surface area contributed by atoms with E-state index < -0.39 is 0 Å². The molecule has 0 aliphatic carbocycles. The van der Waals surface area contributed by atoms with E-state index in [-0.39, 0.29) is 11.8 Å². The summed E-state index contributed by atoms with van der Waals surface area (Å²) in [6, 6.07) is 8.89. The molecule has 1 heterocycles. The summed E-state index contributed by atoms with van der Waals surface area (Å²) in [5.74, 6) is -0.431. The molecule has 1 aromatic carbocycles. The minimum atomic E-state index is -0.293. The van der Waals surface area contributed by atoms with Gasteiger partial charge in [-0.1, -0.05) is 43.1 Å². The van der Waals surface area contributed by atoms with E-state index in [0.29, 0.717) is 29.2 Å². The Morgan fingerprint density at radius 3 is 2.64 bits per heavy atom. The SMILES string of the molecule is CCCCN(C)C(=O)c1cncc(C(=O)NCc2ccccc2Cl)c1. The van der Waals surface area contributed by atoms with Gasteiger partial charge >= 0.3 is 0 Å². The average Bonchev–Trinajstić information content (AvgIpc) is 2.64. The van der Waals surface area contributed by atoms with Crippen LogP contribution < -0.4 is 5.32 Å². The summed E-state index contributed by atoms with van der Waals surface area (Å²) in [6.07, 6.45) is 4.88. The van der Waals surface area contributed by atoms with Crippen molar-refractivity contribution in [3.05, 3.63) is 64.4 Å². The number of hydrogen-bond donors (Lipinski definition) is 1. The van der Waals surface area contributed by atoms with E-state index in [2.05, 4.69) is 17.2 Å².